The van der Waals surface area contributed by atoms with E-state index in [1.807, 2.05) is 0 Å². The Bertz CT molecular complexity index is 134. The van der Waals surface area contributed by atoms with Crippen LogP contribution in [-0.4, -0.2) is 38.7 Å². The quantitative estimate of drug-likeness (QED) is 0.121. The number of quaternary nitrogens is 1. The van der Waals surface area contributed by atoms with Gasteiger partial charge in [0.2, 0.25) is 0 Å². The van der Waals surface area contributed by atoms with Crippen molar-refractivity contribution in [2.75, 3.05) is 34.2 Å². The van der Waals surface area contributed by atoms with Gasteiger partial charge in [0.05, 0.1) is 27.7 Å². The zero-order chi connectivity index (χ0) is 8.04. The van der Waals surface area contributed by atoms with Crippen LogP contribution in [0.4, 0.5) is 0 Å². The molecule has 0 saturated heterocycles. The molecule has 0 radical (unpaired) electrons. The molecule has 0 heterocycles. The molecule has 0 spiro atoms. The van der Waals surface area contributed by atoms with Crippen molar-refractivity contribution in [1.29, 1.82) is 0 Å². The van der Waals surface area contributed by atoms with Crippen molar-refractivity contribution in [2.24, 2.45) is 5.11 Å². The average molecular weight is 166 g/mol. The number of azide groups is 1. The Labute approximate surface area is 90.1 Å². The summed E-state index contributed by atoms with van der Waals surface area (Å²) in [5.74, 6) is 0. The Kier molecular flexibility index (Phi) is 8.74. The maximum atomic E-state index is 7.95. The van der Waals surface area contributed by atoms with Gasteiger partial charge in [0.15, 0.2) is 0 Å². The van der Waals surface area contributed by atoms with Crippen LogP contribution in [0, 0.1) is 0 Å². The predicted octanol–water partition coefficient (Wildman–Crippen LogP) is -1.60. The second-order valence-electron chi connectivity index (χ2n) is 3.32. The fraction of sp³-hybridized carbons (Fsp3) is 1.00. The molecule has 0 N–H and O–H groups in total. The topological polar surface area (TPSA) is 48.8 Å². The van der Waals surface area contributed by atoms with Crippen molar-refractivity contribution >= 4 is 0 Å². The monoisotopic (exact) mass is 166 g/mol. The number of nitrogens with zero attached hydrogens (tertiary/aromatic N) is 4. The normalized spacial score (nSPS) is 9.73. The van der Waals surface area contributed by atoms with Crippen LogP contribution in [0.2, 0.25) is 0 Å². The fourth-order valence-electron chi connectivity index (χ4n) is 0.660. The van der Waals surface area contributed by atoms with E-state index < -0.39 is 0 Å². The molecule has 0 atom stereocenters. The third-order valence-corrected chi connectivity index (χ3v) is 1.15. The standard InChI is InChI=1S/C6H15N4.Na/c1-10(2,3)6-4-5-8-9-7;/h4-6H2,1-3H3;/q2*+1. The van der Waals surface area contributed by atoms with Crippen LogP contribution in [0.3, 0.4) is 0 Å². The van der Waals surface area contributed by atoms with Crippen LogP contribution in [0.5, 0.6) is 0 Å². The van der Waals surface area contributed by atoms with Gasteiger partial charge in [-0.05, 0) is 5.53 Å². The van der Waals surface area contributed by atoms with E-state index in [0.717, 1.165) is 17.4 Å². The van der Waals surface area contributed by atoms with Crippen molar-refractivity contribution < 1.29 is 34.0 Å². The van der Waals surface area contributed by atoms with Gasteiger partial charge in [-0.2, -0.15) is 0 Å². The first-order valence-electron chi connectivity index (χ1n) is 3.37. The van der Waals surface area contributed by atoms with E-state index in [2.05, 4.69) is 31.2 Å². The fourth-order valence-corrected chi connectivity index (χ4v) is 0.660. The number of hydrogen-bond acceptors (Lipinski definition) is 1. The van der Waals surface area contributed by atoms with Gasteiger partial charge in [-0.3, -0.25) is 0 Å². The third-order valence-electron chi connectivity index (χ3n) is 1.15. The maximum Gasteiger partial charge on any atom is 1.00 e. The van der Waals surface area contributed by atoms with Crippen LogP contribution in [0.15, 0.2) is 5.11 Å². The summed E-state index contributed by atoms with van der Waals surface area (Å²) in [6.45, 7) is 1.67. The van der Waals surface area contributed by atoms with Gasteiger partial charge in [0, 0.05) is 17.9 Å². The van der Waals surface area contributed by atoms with Crippen molar-refractivity contribution in [2.45, 2.75) is 6.42 Å². The molecule has 0 fully saturated rings. The molecule has 0 amide bonds. The van der Waals surface area contributed by atoms with Crippen molar-refractivity contribution in [3.63, 3.8) is 0 Å². The largest absolute Gasteiger partial charge is 1.00 e. The maximum absolute atomic E-state index is 7.95. The van der Waals surface area contributed by atoms with Gasteiger partial charge in [0.25, 0.3) is 0 Å². The van der Waals surface area contributed by atoms with Crippen molar-refractivity contribution in [3.8, 4) is 0 Å². The Morgan fingerprint density at radius 3 is 2.27 bits per heavy atom. The first-order valence-corrected chi connectivity index (χ1v) is 3.37. The first-order chi connectivity index (χ1) is 4.56. The minimum absolute atomic E-state index is 0. The molecule has 0 aliphatic heterocycles. The van der Waals surface area contributed by atoms with Gasteiger partial charge in [-0.15, -0.1) is 0 Å². The molecule has 58 valence electrons. The zero-order valence-corrected chi connectivity index (χ0v) is 9.91. The second-order valence-corrected chi connectivity index (χ2v) is 3.32. The Morgan fingerprint density at radius 1 is 1.36 bits per heavy atom. The smallest absolute Gasteiger partial charge is 0.331 e. The van der Waals surface area contributed by atoms with Crippen LogP contribution < -0.4 is 29.6 Å². The summed E-state index contributed by atoms with van der Waals surface area (Å²) in [6, 6.07) is 0. The minimum atomic E-state index is 0. The third kappa shape index (κ3) is 13.3. The molecular weight excluding hydrogens is 151 g/mol. The van der Waals surface area contributed by atoms with E-state index in [-0.39, 0.29) is 29.6 Å². The Hall–Kier alpha value is 0.270. The van der Waals surface area contributed by atoms with Gasteiger partial charge in [-0.1, -0.05) is 5.11 Å². The van der Waals surface area contributed by atoms with Gasteiger partial charge < -0.3 is 4.48 Å². The van der Waals surface area contributed by atoms with Crippen LogP contribution in [0.1, 0.15) is 6.42 Å². The molecule has 0 aliphatic rings. The van der Waals surface area contributed by atoms with E-state index in [0.29, 0.717) is 6.54 Å². The molecule has 0 saturated carbocycles. The zero-order valence-electron chi connectivity index (χ0n) is 7.91. The summed E-state index contributed by atoms with van der Waals surface area (Å²) in [6.07, 6.45) is 0.966. The Morgan fingerprint density at radius 2 is 1.91 bits per heavy atom. The molecule has 0 aromatic rings. The molecule has 11 heavy (non-hydrogen) atoms. The first kappa shape index (κ1) is 13.8. The van der Waals surface area contributed by atoms with Gasteiger partial charge in [0.1, 0.15) is 0 Å². The summed E-state index contributed by atoms with van der Waals surface area (Å²) in [4.78, 5) is 2.67. The molecule has 4 nitrogen and oxygen atoms in total. The van der Waals surface area contributed by atoms with Crippen LogP contribution in [0.25, 0.3) is 10.4 Å². The molecule has 0 unspecified atom stereocenters. The molecule has 0 rings (SSSR count). The summed E-state index contributed by atoms with van der Waals surface area (Å²) in [7, 11) is 6.36. The van der Waals surface area contributed by atoms with E-state index in [1.54, 1.807) is 0 Å². The van der Waals surface area contributed by atoms with Gasteiger partial charge >= 0.3 is 29.6 Å². The van der Waals surface area contributed by atoms with E-state index in [4.69, 9.17) is 5.53 Å². The van der Waals surface area contributed by atoms with Crippen LogP contribution >= 0.6 is 0 Å². The van der Waals surface area contributed by atoms with Gasteiger partial charge in [-0.25, -0.2) is 0 Å². The number of rotatable bonds is 4. The summed E-state index contributed by atoms with van der Waals surface area (Å²) < 4.78 is 0.931. The Balaban J connectivity index is 0. The molecule has 0 aromatic carbocycles. The van der Waals surface area contributed by atoms with E-state index in [1.165, 1.54) is 0 Å². The van der Waals surface area contributed by atoms with Crippen molar-refractivity contribution in [3.05, 3.63) is 10.4 Å². The second kappa shape index (κ2) is 6.95. The SMILES string of the molecule is C[N+](C)(C)CCCN=[N+]=[N-].[Na+]. The predicted molar refractivity (Wildman–Crippen MR) is 41.5 cm³/mol. The minimum Gasteiger partial charge on any atom is -0.331 e. The van der Waals surface area contributed by atoms with Crippen LogP contribution in [-0.2, 0) is 0 Å². The summed E-state index contributed by atoms with van der Waals surface area (Å²) in [5.41, 5.74) is 7.95. The summed E-state index contributed by atoms with van der Waals surface area (Å²) in [5, 5.41) is 3.45. The van der Waals surface area contributed by atoms with E-state index >= 15 is 0 Å². The molecule has 0 aromatic heterocycles. The summed E-state index contributed by atoms with van der Waals surface area (Å²) >= 11 is 0. The molecule has 0 aliphatic carbocycles. The average Bonchev–Trinajstić information content (AvgIpc) is 1.78. The van der Waals surface area contributed by atoms with E-state index in [9.17, 15) is 0 Å². The molecular formula is C6H15N4Na+2. The van der Waals surface area contributed by atoms with Crippen molar-refractivity contribution in [1.82, 2.24) is 0 Å². The molecule has 5 heteroatoms. The molecule has 0 bridgehead atoms. The number of hydrogen-bond donors (Lipinski definition) is 0.